The second-order valence-corrected chi connectivity index (χ2v) is 8.50. The van der Waals surface area contributed by atoms with Gasteiger partial charge in [-0.1, -0.05) is 11.8 Å². The standard InChI is InChI=1S/C23H23N3O5S/c1-28-17-7-4-15(5-8-17)22-24-25-23(26(22)12-18-3-2-10-29-18)32-13-19(27)16-6-9-20-21(11-16)31-14-30-20/h4-9,11,18H,2-3,10,12-14H2,1H3/t18-/m1/s1. The number of benzene rings is 2. The van der Waals surface area contributed by atoms with Gasteiger partial charge in [0.15, 0.2) is 28.3 Å². The van der Waals surface area contributed by atoms with Gasteiger partial charge in [-0.2, -0.15) is 0 Å². The number of carbonyl (C=O) groups is 1. The topological polar surface area (TPSA) is 84.7 Å². The highest BCUT2D eigenvalue weighted by atomic mass is 32.2. The number of Topliss-reactive ketones (excluding diaryl/α,β-unsaturated/α-hetero) is 1. The minimum Gasteiger partial charge on any atom is -0.497 e. The SMILES string of the molecule is COc1ccc(-c2nnc(SCC(=O)c3ccc4c(c3)OCO4)n2C[C@H]2CCCO2)cc1. The van der Waals surface area contributed by atoms with Crippen molar-refractivity contribution < 1.29 is 23.7 Å². The minimum absolute atomic E-state index is 0.00837. The van der Waals surface area contributed by atoms with E-state index in [0.717, 1.165) is 36.6 Å². The number of hydrogen-bond donors (Lipinski definition) is 0. The van der Waals surface area contributed by atoms with Gasteiger partial charge >= 0.3 is 0 Å². The second-order valence-electron chi connectivity index (χ2n) is 7.56. The van der Waals surface area contributed by atoms with Gasteiger partial charge in [0.05, 0.1) is 25.5 Å². The predicted molar refractivity (Wildman–Crippen MR) is 119 cm³/mol. The maximum Gasteiger partial charge on any atom is 0.231 e. The maximum atomic E-state index is 12.8. The molecule has 3 heterocycles. The maximum absolute atomic E-state index is 12.8. The first-order valence-electron chi connectivity index (χ1n) is 10.5. The van der Waals surface area contributed by atoms with Crippen LogP contribution in [0.2, 0.25) is 0 Å². The number of nitrogens with zero attached hydrogens (tertiary/aromatic N) is 3. The van der Waals surface area contributed by atoms with Gasteiger partial charge in [-0.3, -0.25) is 9.36 Å². The largest absolute Gasteiger partial charge is 0.497 e. The summed E-state index contributed by atoms with van der Waals surface area (Å²) in [5.74, 6) is 3.03. The van der Waals surface area contributed by atoms with E-state index in [4.69, 9.17) is 18.9 Å². The Morgan fingerprint density at radius 2 is 2.00 bits per heavy atom. The highest BCUT2D eigenvalue weighted by Crippen LogP contribution is 2.33. The van der Waals surface area contributed by atoms with Crippen molar-refractivity contribution in [3.63, 3.8) is 0 Å². The van der Waals surface area contributed by atoms with E-state index in [2.05, 4.69) is 14.8 Å². The molecule has 3 aromatic rings. The summed E-state index contributed by atoms with van der Waals surface area (Å²) in [6, 6.07) is 13.0. The summed E-state index contributed by atoms with van der Waals surface area (Å²) in [6.07, 6.45) is 2.17. The van der Waals surface area contributed by atoms with Crippen LogP contribution in [0, 0.1) is 0 Å². The molecule has 0 aliphatic carbocycles. The first kappa shape index (κ1) is 20.8. The van der Waals surface area contributed by atoms with Crippen LogP contribution in [0.15, 0.2) is 47.6 Å². The fourth-order valence-corrected chi connectivity index (χ4v) is 4.63. The van der Waals surface area contributed by atoms with Crippen LogP contribution in [0.3, 0.4) is 0 Å². The smallest absolute Gasteiger partial charge is 0.231 e. The van der Waals surface area contributed by atoms with Gasteiger partial charge in [-0.05, 0) is 55.3 Å². The van der Waals surface area contributed by atoms with E-state index >= 15 is 0 Å². The number of fused-ring (bicyclic) bond motifs is 1. The summed E-state index contributed by atoms with van der Waals surface area (Å²) >= 11 is 1.38. The quantitative estimate of drug-likeness (QED) is 0.376. The van der Waals surface area contributed by atoms with Gasteiger partial charge in [-0.25, -0.2) is 0 Å². The van der Waals surface area contributed by atoms with Crippen molar-refractivity contribution in [3.8, 4) is 28.6 Å². The summed E-state index contributed by atoms with van der Waals surface area (Å²) in [4.78, 5) is 12.8. The molecule has 1 saturated heterocycles. The molecule has 1 aromatic heterocycles. The summed E-state index contributed by atoms with van der Waals surface area (Å²) in [7, 11) is 1.64. The van der Waals surface area contributed by atoms with Crippen molar-refractivity contribution in [2.75, 3.05) is 26.3 Å². The summed E-state index contributed by atoms with van der Waals surface area (Å²) in [6.45, 7) is 1.60. The van der Waals surface area contributed by atoms with Crippen LogP contribution in [0.25, 0.3) is 11.4 Å². The molecule has 2 aromatic carbocycles. The minimum atomic E-state index is -0.00837. The molecule has 32 heavy (non-hydrogen) atoms. The molecule has 0 bridgehead atoms. The van der Waals surface area contributed by atoms with Gasteiger partial charge in [0, 0.05) is 17.7 Å². The zero-order chi connectivity index (χ0) is 21.9. The average molecular weight is 454 g/mol. The van der Waals surface area contributed by atoms with Crippen LogP contribution >= 0.6 is 11.8 Å². The molecule has 5 rings (SSSR count). The molecule has 2 aliphatic rings. The first-order valence-corrected chi connectivity index (χ1v) is 11.4. The molecule has 1 atom stereocenters. The Kier molecular flexibility index (Phi) is 6.00. The molecule has 0 unspecified atom stereocenters. The predicted octanol–water partition coefficient (Wildman–Crippen LogP) is 3.84. The van der Waals surface area contributed by atoms with Gasteiger partial charge in [0.1, 0.15) is 5.75 Å². The molecule has 0 spiro atoms. The van der Waals surface area contributed by atoms with Crippen LogP contribution in [0.4, 0.5) is 0 Å². The van der Waals surface area contributed by atoms with Crippen LogP contribution in [-0.4, -0.2) is 52.9 Å². The Morgan fingerprint density at radius 3 is 2.78 bits per heavy atom. The second kappa shape index (κ2) is 9.22. The molecule has 2 aliphatic heterocycles. The van der Waals surface area contributed by atoms with Crippen molar-refractivity contribution in [3.05, 3.63) is 48.0 Å². The van der Waals surface area contributed by atoms with Crippen molar-refractivity contribution in [1.29, 1.82) is 0 Å². The number of thioether (sulfide) groups is 1. The molecule has 0 amide bonds. The highest BCUT2D eigenvalue weighted by molar-refractivity contribution is 7.99. The number of aromatic nitrogens is 3. The lowest BCUT2D eigenvalue weighted by molar-refractivity contribution is 0.0953. The number of ether oxygens (including phenoxy) is 4. The number of rotatable bonds is 8. The Bertz CT molecular complexity index is 1110. The lowest BCUT2D eigenvalue weighted by Gasteiger charge is -2.15. The van der Waals surface area contributed by atoms with Crippen LogP contribution < -0.4 is 14.2 Å². The van der Waals surface area contributed by atoms with Crippen LogP contribution in [0.5, 0.6) is 17.2 Å². The molecule has 1 fully saturated rings. The third-order valence-corrected chi connectivity index (χ3v) is 6.47. The van der Waals surface area contributed by atoms with E-state index in [-0.39, 0.29) is 24.4 Å². The average Bonchev–Trinajstić information content (AvgIpc) is 3.59. The first-order chi connectivity index (χ1) is 15.7. The molecular formula is C23H23N3O5S. The van der Waals surface area contributed by atoms with Crippen LogP contribution in [0.1, 0.15) is 23.2 Å². The summed E-state index contributed by atoms with van der Waals surface area (Å²) < 4.78 is 23.9. The molecule has 166 valence electrons. The molecule has 0 N–H and O–H groups in total. The molecule has 0 radical (unpaired) electrons. The molecule has 0 saturated carbocycles. The summed E-state index contributed by atoms with van der Waals surface area (Å²) in [5, 5.41) is 9.52. The lowest BCUT2D eigenvalue weighted by Crippen LogP contribution is -2.17. The number of hydrogen-bond acceptors (Lipinski definition) is 8. The Morgan fingerprint density at radius 1 is 1.16 bits per heavy atom. The summed E-state index contributed by atoms with van der Waals surface area (Å²) in [5.41, 5.74) is 1.52. The van der Waals surface area contributed by atoms with Crippen molar-refractivity contribution in [2.45, 2.75) is 30.6 Å². The molecular weight excluding hydrogens is 430 g/mol. The van der Waals surface area contributed by atoms with E-state index in [1.54, 1.807) is 25.3 Å². The van der Waals surface area contributed by atoms with Crippen molar-refractivity contribution >= 4 is 17.5 Å². The third kappa shape index (κ3) is 4.31. The number of methoxy groups -OCH3 is 1. The zero-order valence-electron chi connectivity index (χ0n) is 17.7. The van der Waals surface area contributed by atoms with Crippen LogP contribution in [-0.2, 0) is 11.3 Å². The van der Waals surface area contributed by atoms with Gasteiger partial charge in [0.2, 0.25) is 6.79 Å². The number of ketones is 1. The van der Waals surface area contributed by atoms with E-state index in [9.17, 15) is 4.79 Å². The fraction of sp³-hybridized carbons (Fsp3) is 0.348. The molecule has 9 heteroatoms. The third-order valence-electron chi connectivity index (χ3n) is 5.50. The highest BCUT2D eigenvalue weighted by Gasteiger charge is 2.23. The fourth-order valence-electron chi connectivity index (χ4n) is 3.79. The Balaban J connectivity index is 1.36. The Hall–Kier alpha value is -3.04. The van der Waals surface area contributed by atoms with E-state index in [1.165, 1.54) is 11.8 Å². The lowest BCUT2D eigenvalue weighted by atomic mass is 10.1. The van der Waals surface area contributed by atoms with Gasteiger partial charge in [0.25, 0.3) is 0 Å². The van der Waals surface area contributed by atoms with Crippen molar-refractivity contribution in [1.82, 2.24) is 14.8 Å². The van der Waals surface area contributed by atoms with Gasteiger partial charge in [-0.15, -0.1) is 10.2 Å². The Labute approximate surface area is 189 Å². The van der Waals surface area contributed by atoms with E-state index < -0.39 is 0 Å². The van der Waals surface area contributed by atoms with Crippen molar-refractivity contribution in [2.24, 2.45) is 0 Å². The number of carbonyl (C=O) groups excluding carboxylic acids is 1. The monoisotopic (exact) mass is 453 g/mol. The van der Waals surface area contributed by atoms with E-state index in [0.29, 0.717) is 28.8 Å². The molecule has 8 nitrogen and oxygen atoms in total. The normalized spacial score (nSPS) is 17.0. The van der Waals surface area contributed by atoms with E-state index in [1.807, 2.05) is 24.3 Å². The zero-order valence-corrected chi connectivity index (χ0v) is 18.5. The van der Waals surface area contributed by atoms with Gasteiger partial charge < -0.3 is 18.9 Å².